The van der Waals surface area contributed by atoms with Gasteiger partial charge in [0.05, 0.1) is 0 Å². The van der Waals surface area contributed by atoms with E-state index in [0.717, 1.165) is 31.4 Å². The molecule has 0 aromatic heterocycles. The van der Waals surface area contributed by atoms with Crippen molar-refractivity contribution < 1.29 is 9.59 Å². The first-order valence-corrected chi connectivity index (χ1v) is 8.79. The molecule has 4 heteroatoms. The van der Waals surface area contributed by atoms with Gasteiger partial charge in [-0.15, -0.1) is 0 Å². The van der Waals surface area contributed by atoms with E-state index in [1.54, 1.807) is 24.3 Å². The highest BCUT2D eigenvalue weighted by atomic mass is 16.2. The first-order valence-electron chi connectivity index (χ1n) is 8.79. The van der Waals surface area contributed by atoms with Crippen LogP contribution in [0, 0.1) is 5.92 Å². The Hall–Kier alpha value is -1.84. The summed E-state index contributed by atoms with van der Waals surface area (Å²) in [6, 6.07) is 7.46. The van der Waals surface area contributed by atoms with Gasteiger partial charge in [-0.05, 0) is 43.0 Å². The van der Waals surface area contributed by atoms with E-state index < -0.39 is 0 Å². The lowest BCUT2D eigenvalue weighted by atomic mass is 10.0. The Kier molecular flexibility index (Phi) is 6.63. The molecule has 1 saturated carbocycles. The van der Waals surface area contributed by atoms with Crippen molar-refractivity contribution >= 4 is 17.5 Å². The fourth-order valence-corrected chi connectivity index (χ4v) is 3.17. The molecule has 0 saturated heterocycles. The number of hydrogen-bond donors (Lipinski definition) is 2. The van der Waals surface area contributed by atoms with Gasteiger partial charge >= 0.3 is 0 Å². The van der Waals surface area contributed by atoms with Gasteiger partial charge in [0, 0.05) is 23.7 Å². The molecule has 2 amide bonds. The number of nitrogens with one attached hydrogen (secondary N) is 2. The molecule has 1 aliphatic rings. The Morgan fingerprint density at radius 2 is 1.83 bits per heavy atom. The van der Waals surface area contributed by atoms with Gasteiger partial charge in [0.2, 0.25) is 5.91 Å². The Morgan fingerprint density at radius 3 is 2.43 bits per heavy atom. The standard InChI is InChI=1S/C19H28N2O2/c1-3-6-14(2)13-18(22)20-17-11-9-15(10-12-17)19(23)21-16-7-4-5-8-16/h9-12,14,16H,3-8,13H2,1-2H3,(H,20,22)(H,21,23). The number of carbonyl (C=O) groups excluding carboxylic acids is 2. The SMILES string of the molecule is CCCC(C)CC(=O)Nc1ccc(C(=O)NC2CCCC2)cc1. The normalized spacial score (nSPS) is 16.1. The Balaban J connectivity index is 1.83. The minimum atomic E-state index is -0.0219. The summed E-state index contributed by atoms with van der Waals surface area (Å²) in [7, 11) is 0. The largest absolute Gasteiger partial charge is 0.349 e. The monoisotopic (exact) mass is 316 g/mol. The smallest absolute Gasteiger partial charge is 0.251 e. The second kappa shape index (κ2) is 8.70. The third-order valence-electron chi connectivity index (χ3n) is 4.44. The number of carbonyl (C=O) groups is 2. The van der Waals surface area contributed by atoms with E-state index in [2.05, 4.69) is 24.5 Å². The second-order valence-corrected chi connectivity index (χ2v) is 6.68. The summed E-state index contributed by atoms with van der Waals surface area (Å²) >= 11 is 0. The van der Waals surface area contributed by atoms with Crippen LogP contribution in [0.5, 0.6) is 0 Å². The predicted molar refractivity (Wildman–Crippen MR) is 93.5 cm³/mol. The Labute approximate surface area is 139 Å². The highest BCUT2D eigenvalue weighted by Gasteiger charge is 2.17. The predicted octanol–water partition coefficient (Wildman–Crippen LogP) is 4.12. The molecule has 1 aromatic carbocycles. The lowest BCUT2D eigenvalue weighted by molar-refractivity contribution is -0.117. The first kappa shape index (κ1) is 17.5. The molecule has 1 aliphatic carbocycles. The molecular weight excluding hydrogens is 288 g/mol. The molecule has 0 radical (unpaired) electrons. The summed E-state index contributed by atoms with van der Waals surface area (Å²) in [4.78, 5) is 24.1. The van der Waals surface area contributed by atoms with Crippen LogP contribution in [0.1, 0.15) is 69.2 Å². The fraction of sp³-hybridized carbons (Fsp3) is 0.579. The van der Waals surface area contributed by atoms with E-state index in [1.165, 1.54) is 12.8 Å². The van der Waals surface area contributed by atoms with Crippen molar-refractivity contribution in [2.75, 3.05) is 5.32 Å². The average molecular weight is 316 g/mol. The lowest BCUT2D eigenvalue weighted by Crippen LogP contribution is -2.32. The van der Waals surface area contributed by atoms with Gasteiger partial charge in [0.25, 0.3) is 5.91 Å². The lowest BCUT2D eigenvalue weighted by Gasteiger charge is -2.13. The summed E-state index contributed by atoms with van der Waals surface area (Å²) in [5, 5.41) is 5.97. The zero-order chi connectivity index (χ0) is 16.7. The number of hydrogen-bond acceptors (Lipinski definition) is 2. The molecule has 2 rings (SSSR count). The maximum absolute atomic E-state index is 12.2. The highest BCUT2D eigenvalue weighted by molar-refractivity contribution is 5.96. The topological polar surface area (TPSA) is 58.2 Å². The van der Waals surface area contributed by atoms with Crippen LogP contribution in [0.3, 0.4) is 0 Å². The van der Waals surface area contributed by atoms with Crippen LogP contribution >= 0.6 is 0 Å². The molecule has 4 nitrogen and oxygen atoms in total. The van der Waals surface area contributed by atoms with E-state index in [-0.39, 0.29) is 11.8 Å². The second-order valence-electron chi connectivity index (χ2n) is 6.68. The van der Waals surface area contributed by atoms with Gasteiger partial charge in [0.1, 0.15) is 0 Å². The first-order chi connectivity index (χ1) is 11.1. The molecule has 2 N–H and O–H groups in total. The van der Waals surface area contributed by atoms with Gasteiger partial charge in [-0.3, -0.25) is 9.59 Å². The molecule has 0 heterocycles. The van der Waals surface area contributed by atoms with E-state index in [4.69, 9.17) is 0 Å². The molecule has 0 bridgehead atoms. The van der Waals surface area contributed by atoms with Crippen molar-refractivity contribution in [2.24, 2.45) is 5.92 Å². The van der Waals surface area contributed by atoms with Crippen molar-refractivity contribution in [2.45, 2.75) is 64.8 Å². The van der Waals surface area contributed by atoms with Crippen LogP contribution in [0.15, 0.2) is 24.3 Å². The van der Waals surface area contributed by atoms with Gasteiger partial charge < -0.3 is 10.6 Å². The van der Waals surface area contributed by atoms with Crippen molar-refractivity contribution in [3.63, 3.8) is 0 Å². The number of benzene rings is 1. The zero-order valence-electron chi connectivity index (χ0n) is 14.2. The average Bonchev–Trinajstić information content (AvgIpc) is 3.00. The molecule has 1 atom stereocenters. The third-order valence-corrected chi connectivity index (χ3v) is 4.44. The van der Waals surface area contributed by atoms with Crippen LogP contribution in [0.4, 0.5) is 5.69 Å². The Bertz CT molecular complexity index is 519. The van der Waals surface area contributed by atoms with Crippen LogP contribution in [-0.2, 0) is 4.79 Å². The van der Waals surface area contributed by atoms with Crippen LogP contribution < -0.4 is 10.6 Å². The molecule has 0 aliphatic heterocycles. The van der Waals surface area contributed by atoms with E-state index in [0.29, 0.717) is 23.9 Å². The van der Waals surface area contributed by atoms with Gasteiger partial charge in [-0.25, -0.2) is 0 Å². The maximum Gasteiger partial charge on any atom is 0.251 e. The van der Waals surface area contributed by atoms with Crippen LogP contribution in [0.2, 0.25) is 0 Å². The maximum atomic E-state index is 12.2. The number of amides is 2. The third kappa shape index (κ3) is 5.70. The summed E-state index contributed by atoms with van der Waals surface area (Å²) in [5.41, 5.74) is 1.39. The zero-order valence-corrected chi connectivity index (χ0v) is 14.2. The Morgan fingerprint density at radius 1 is 1.17 bits per heavy atom. The van der Waals surface area contributed by atoms with Crippen molar-refractivity contribution in [3.05, 3.63) is 29.8 Å². The molecule has 23 heavy (non-hydrogen) atoms. The molecule has 1 fully saturated rings. The molecule has 1 unspecified atom stereocenters. The summed E-state index contributed by atoms with van der Waals surface area (Å²) in [5.74, 6) is 0.414. The van der Waals surface area contributed by atoms with Crippen molar-refractivity contribution in [1.29, 1.82) is 0 Å². The van der Waals surface area contributed by atoms with E-state index in [9.17, 15) is 9.59 Å². The van der Waals surface area contributed by atoms with Gasteiger partial charge in [-0.1, -0.05) is 39.5 Å². The van der Waals surface area contributed by atoms with Gasteiger partial charge in [-0.2, -0.15) is 0 Å². The summed E-state index contributed by atoms with van der Waals surface area (Å²) < 4.78 is 0. The van der Waals surface area contributed by atoms with Crippen LogP contribution in [-0.4, -0.2) is 17.9 Å². The molecular formula is C19H28N2O2. The fourth-order valence-electron chi connectivity index (χ4n) is 3.17. The molecule has 1 aromatic rings. The highest BCUT2D eigenvalue weighted by Crippen LogP contribution is 2.19. The molecule has 0 spiro atoms. The minimum Gasteiger partial charge on any atom is -0.349 e. The van der Waals surface area contributed by atoms with Crippen molar-refractivity contribution in [3.8, 4) is 0 Å². The summed E-state index contributed by atoms with van der Waals surface area (Å²) in [6.07, 6.45) is 7.26. The van der Waals surface area contributed by atoms with E-state index >= 15 is 0 Å². The van der Waals surface area contributed by atoms with Gasteiger partial charge in [0.15, 0.2) is 0 Å². The van der Waals surface area contributed by atoms with E-state index in [1.807, 2.05) is 0 Å². The number of rotatable bonds is 7. The molecule has 126 valence electrons. The minimum absolute atomic E-state index is 0.0219. The summed E-state index contributed by atoms with van der Waals surface area (Å²) in [6.45, 7) is 4.23. The van der Waals surface area contributed by atoms with Crippen LogP contribution in [0.25, 0.3) is 0 Å². The quantitative estimate of drug-likeness (QED) is 0.795. The number of anilines is 1. The van der Waals surface area contributed by atoms with Crippen molar-refractivity contribution in [1.82, 2.24) is 5.32 Å².